The fourth-order valence-electron chi connectivity index (χ4n) is 3.64. The third-order valence-corrected chi connectivity index (χ3v) is 4.89. The minimum absolute atomic E-state index is 0.0496. The lowest BCUT2D eigenvalue weighted by molar-refractivity contribution is 0.414. The van der Waals surface area contributed by atoms with Gasteiger partial charge in [-0.15, -0.1) is 0 Å². The summed E-state index contributed by atoms with van der Waals surface area (Å²) >= 11 is 0. The van der Waals surface area contributed by atoms with Gasteiger partial charge in [-0.3, -0.25) is 9.20 Å². The van der Waals surface area contributed by atoms with Crippen LogP contribution in [0.5, 0.6) is 5.75 Å². The van der Waals surface area contributed by atoms with Gasteiger partial charge < -0.3 is 4.74 Å². The first kappa shape index (κ1) is 15.6. The quantitative estimate of drug-likeness (QED) is 0.488. The maximum Gasteiger partial charge on any atom is 0.266 e. The molecule has 0 fully saturated rings. The molecule has 0 N–H and O–H groups in total. The number of nitrogens with zero attached hydrogens (tertiary/aromatic N) is 2. The molecule has 0 aliphatic carbocycles. The third-order valence-electron chi connectivity index (χ3n) is 4.89. The number of para-hydroxylation sites is 3. The van der Waals surface area contributed by atoms with E-state index in [1.54, 1.807) is 11.5 Å². The molecule has 0 atom stereocenters. The van der Waals surface area contributed by atoms with Crippen LogP contribution in [0.1, 0.15) is 5.56 Å². The van der Waals surface area contributed by atoms with Crippen LogP contribution in [0, 0.1) is 0 Å². The number of rotatable bonds is 2. The van der Waals surface area contributed by atoms with Crippen LogP contribution in [0.15, 0.2) is 77.6 Å². The predicted octanol–water partition coefficient (Wildman–Crippen LogP) is 3.56. The molecule has 5 aromatic rings. The summed E-state index contributed by atoms with van der Waals surface area (Å²) in [5.74, 6) is 0.782. The number of benzene rings is 3. The minimum Gasteiger partial charge on any atom is -0.496 e. The summed E-state index contributed by atoms with van der Waals surface area (Å²) in [5, 5.41) is 2.52. The smallest absolute Gasteiger partial charge is 0.266 e. The van der Waals surface area contributed by atoms with Gasteiger partial charge in [0.25, 0.3) is 5.56 Å². The number of aromatic nitrogens is 2. The molecular weight excluding hydrogens is 336 g/mol. The molecule has 130 valence electrons. The summed E-state index contributed by atoms with van der Waals surface area (Å²) in [6.45, 7) is 0. The second-order valence-corrected chi connectivity index (χ2v) is 6.41. The minimum atomic E-state index is -0.0496. The van der Waals surface area contributed by atoms with E-state index in [2.05, 4.69) is 0 Å². The molecule has 2 aromatic heterocycles. The van der Waals surface area contributed by atoms with Crippen LogP contribution in [-0.2, 0) is 0 Å². The molecule has 0 spiro atoms. The second-order valence-electron chi connectivity index (χ2n) is 6.41. The zero-order valence-electron chi connectivity index (χ0n) is 14.7. The first-order valence-corrected chi connectivity index (χ1v) is 8.74. The molecule has 0 radical (unpaired) electrons. The molecule has 3 aromatic carbocycles. The van der Waals surface area contributed by atoms with Crippen molar-refractivity contribution >= 4 is 33.5 Å². The van der Waals surface area contributed by atoms with Gasteiger partial charge in [0.2, 0.25) is 0 Å². The van der Waals surface area contributed by atoms with E-state index in [0.717, 1.165) is 27.4 Å². The number of hydrogen-bond acceptors (Lipinski definition) is 3. The van der Waals surface area contributed by atoms with Gasteiger partial charge in [-0.05, 0) is 30.3 Å². The molecule has 4 nitrogen and oxygen atoms in total. The third kappa shape index (κ3) is 2.30. The van der Waals surface area contributed by atoms with Crippen molar-refractivity contribution in [3.8, 4) is 5.75 Å². The Labute approximate surface area is 155 Å². The summed E-state index contributed by atoms with van der Waals surface area (Å²) in [4.78, 5) is 18.0. The molecule has 0 saturated carbocycles. The van der Waals surface area contributed by atoms with Crippen molar-refractivity contribution in [1.82, 2.24) is 9.38 Å². The van der Waals surface area contributed by atoms with Gasteiger partial charge in [0.05, 0.1) is 23.5 Å². The largest absolute Gasteiger partial charge is 0.496 e. The molecule has 0 aliphatic heterocycles. The monoisotopic (exact) mass is 352 g/mol. The summed E-state index contributed by atoms with van der Waals surface area (Å²) in [6, 6.07) is 23.2. The first-order chi connectivity index (χ1) is 13.3. The highest BCUT2D eigenvalue weighted by molar-refractivity contribution is 5.92. The Morgan fingerprint density at radius 1 is 0.889 bits per heavy atom. The molecule has 0 saturated heterocycles. The van der Waals surface area contributed by atoms with Gasteiger partial charge in [0.1, 0.15) is 11.4 Å². The Balaban J connectivity index is 2.03. The van der Waals surface area contributed by atoms with Crippen molar-refractivity contribution in [1.29, 1.82) is 0 Å². The van der Waals surface area contributed by atoms with Crippen LogP contribution in [0.2, 0.25) is 0 Å². The number of hydrogen-bond donors (Lipinski definition) is 0. The van der Waals surface area contributed by atoms with Crippen molar-refractivity contribution in [2.75, 3.05) is 7.11 Å². The average molecular weight is 352 g/mol. The van der Waals surface area contributed by atoms with Gasteiger partial charge in [0, 0.05) is 16.2 Å². The molecule has 4 heteroatoms. The summed E-state index contributed by atoms with van der Waals surface area (Å²) in [5.41, 5.74) is 3.11. The number of ether oxygens (including phenoxy) is 1. The maximum absolute atomic E-state index is 13.2. The SMILES string of the molecule is COc1ccccc1/C=c1/c2ccccc2n2c(=O)c3ccccc3nc12. The van der Waals surface area contributed by atoms with E-state index < -0.39 is 0 Å². The molecule has 5 rings (SSSR count). The van der Waals surface area contributed by atoms with Crippen LogP contribution in [0.4, 0.5) is 0 Å². The average Bonchev–Trinajstić information content (AvgIpc) is 3.02. The van der Waals surface area contributed by atoms with Crippen LogP contribution in [0.3, 0.4) is 0 Å². The molecule has 0 amide bonds. The van der Waals surface area contributed by atoms with E-state index in [4.69, 9.17) is 9.72 Å². The lowest BCUT2D eigenvalue weighted by Crippen LogP contribution is -2.16. The number of methoxy groups -OCH3 is 1. The molecule has 2 heterocycles. The van der Waals surface area contributed by atoms with Gasteiger partial charge in [-0.2, -0.15) is 0 Å². The van der Waals surface area contributed by atoms with Gasteiger partial charge in [0.15, 0.2) is 0 Å². The Morgan fingerprint density at radius 3 is 2.44 bits per heavy atom. The maximum atomic E-state index is 13.2. The lowest BCUT2D eigenvalue weighted by Gasteiger charge is -2.03. The van der Waals surface area contributed by atoms with Crippen LogP contribution in [0.25, 0.3) is 33.5 Å². The topological polar surface area (TPSA) is 43.6 Å². The summed E-state index contributed by atoms with van der Waals surface area (Å²) in [7, 11) is 1.66. The van der Waals surface area contributed by atoms with Crippen LogP contribution < -0.4 is 15.5 Å². The first-order valence-electron chi connectivity index (χ1n) is 8.74. The van der Waals surface area contributed by atoms with E-state index in [1.165, 1.54) is 0 Å². The molecule has 27 heavy (non-hydrogen) atoms. The zero-order chi connectivity index (χ0) is 18.4. The molecule has 0 bridgehead atoms. The van der Waals surface area contributed by atoms with E-state index in [0.29, 0.717) is 16.6 Å². The predicted molar refractivity (Wildman–Crippen MR) is 108 cm³/mol. The Bertz CT molecular complexity index is 1430. The number of fused-ring (bicyclic) bond motifs is 4. The molecule has 0 unspecified atom stereocenters. The van der Waals surface area contributed by atoms with E-state index >= 15 is 0 Å². The van der Waals surface area contributed by atoms with Gasteiger partial charge in [-0.25, -0.2) is 4.98 Å². The molecule has 0 aliphatic rings. The second kappa shape index (κ2) is 5.95. The van der Waals surface area contributed by atoms with E-state index in [9.17, 15) is 4.79 Å². The summed E-state index contributed by atoms with van der Waals surface area (Å²) in [6.07, 6.45) is 2.04. The lowest BCUT2D eigenvalue weighted by atomic mass is 10.1. The highest BCUT2D eigenvalue weighted by Crippen LogP contribution is 2.20. The molecular formula is C23H16N2O2. The zero-order valence-corrected chi connectivity index (χ0v) is 14.7. The van der Waals surface area contributed by atoms with E-state index in [-0.39, 0.29) is 5.56 Å². The van der Waals surface area contributed by atoms with Crippen LogP contribution in [-0.4, -0.2) is 16.5 Å². The van der Waals surface area contributed by atoms with Crippen molar-refractivity contribution < 1.29 is 4.74 Å². The van der Waals surface area contributed by atoms with Crippen molar-refractivity contribution in [3.05, 3.63) is 93.9 Å². The normalized spacial score (nSPS) is 12.3. The van der Waals surface area contributed by atoms with Crippen molar-refractivity contribution in [2.24, 2.45) is 0 Å². The van der Waals surface area contributed by atoms with E-state index in [1.807, 2.05) is 78.9 Å². The standard InChI is InChI=1S/C23H16N2O2/c1-27-21-13-7-2-8-15(21)14-18-16-9-4-6-12-20(16)25-22(18)24-19-11-5-3-10-17(19)23(25)26/h2-14H,1H3/b18-14-. The summed E-state index contributed by atoms with van der Waals surface area (Å²) < 4.78 is 7.20. The Morgan fingerprint density at radius 2 is 1.59 bits per heavy atom. The Kier molecular flexibility index (Phi) is 3.44. The van der Waals surface area contributed by atoms with Gasteiger partial charge in [-0.1, -0.05) is 48.5 Å². The highest BCUT2D eigenvalue weighted by atomic mass is 16.5. The van der Waals surface area contributed by atoms with Crippen molar-refractivity contribution in [2.45, 2.75) is 0 Å². The highest BCUT2D eigenvalue weighted by Gasteiger charge is 2.13. The fourth-order valence-corrected chi connectivity index (χ4v) is 3.64. The van der Waals surface area contributed by atoms with Crippen molar-refractivity contribution in [3.63, 3.8) is 0 Å². The van der Waals surface area contributed by atoms with Crippen LogP contribution >= 0.6 is 0 Å². The van der Waals surface area contributed by atoms with Gasteiger partial charge >= 0.3 is 0 Å². The Hall–Kier alpha value is -3.66. The fraction of sp³-hybridized carbons (Fsp3) is 0.0435.